The molecule has 1 aliphatic heterocycles. The summed E-state index contributed by atoms with van der Waals surface area (Å²) < 4.78 is 10.5. The van der Waals surface area contributed by atoms with Crippen LogP contribution in [0.1, 0.15) is 46.0 Å². The Bertz CT molecular complexity index is 513. The summed E-state index contributed by atoms with van der Waals surface area (Å²) in [7, 11) is 0. The van der Waals surface area contributed by atoms with Crippen LogP contribution in [0.3, 0.4) is 0 Å². The number of rotatable bonds is 11. The number of amides is 1. The monoisotopic (exact) mass is 365 g/mol. The van der Waals surface area contributed by atoms with Crippen LogP contribution >= 0.6 is 0 Å². The largest absolute Gasteiger partial charge is 0.466 e. The first-order valence-electron chi connectivity index (χ1n) is 9.50. The Morgan fingerprint density at radius 1 is 1.31 bits per heavy atom. The van der Waals surface area contributed by atoms with E-state index in [2.05, 4.69) is 12.2 Å². The Morgan fingerprint density at radius 2 is 2.08 bits per heavy atom. The molecule has 0 spiro atoms. The molecular weight excluding hydrogens is 334 g/mol. The Morgan fingerprint density at radius 3 is 2.77 bits per heavy atom. The minimum atomic E-state index is -0.390. The second-order valence-electron chi connectivity index (χ2n) is 6.32. The van der Waals surface area contributed by atoms with Gasteiger partial charge in [0.05, 0.1) is 12.5 Å². The number of nitrogens with one attached hydrogen (secondary N) is 1. The Kier molecular flexibility index (Phi) is 11.1. The smallest absolute Gasteiger partial charge is 0.310 e. The van der Waals surface area contributed by atoms with Crippen LogP contribution in [0.25, 0.3) is 0 Å². The average Bonchev–Trinajstić information content (AvgIpc) is 2.65. The van der Waals surface area contributed by atoms with Gasteiger partial charge in [0.15, 0.2) is 0 Å². The van der Waals surface area contributed by atoms with Crippen LogP contribution in [0.2, 0.25) is 0 Å². The van der Waals surface area contributed by atoms with Crippen molar-refractivity contribution in [3.05, 3.63) is 11.8 Å². The van der Waals surface area contributed by atoms with Crippen molar-refractivity contribution < 1.29 is 19.1 Å². The van der Waals surface area contributed by atoms with Gasteiger partial charge in [-0.25, -0.2) is 0 Å². The number of nitriles is 1. The molecule has 0 aliphatic carbocycles. The lowest BCUT2D eigenvalue weighted by molar-refractivity contribution is -0.149. The first-order chi connectivity index (χ1) is 12.6. The zero-order valence-corrected chi connectivity index (χ0v) is 16.0. The molecule has 146 valence electrons. The van der Waals surface area contributed by atoms with Crippen LogP contribution in [-0.2, 0) is 19.1 Å². The van der Waals surface area contributed by atoms with E-state index in [1.54, 1.807) is 13.1 Å². The van der Waals surface area contributed by atoms with Crippen LogP contribution in [0.4, 0.5) is 0 Å². The molecule has 1 atom stereocenters. The van der Waals surface area contributed by atoms with E-state index in [1.807, 2.05) is 11.0 Å². The molecule has 0 aromatic rings. The number of hydrogen-bond acceptors (Lipinski definition) is 6. The minimum absolute atomic E-state index is 0.0569. The van der Waals surface area contributed by atoms with E-state index in [1.165, 1.54) is 0 Å². The van der Waals surface area contributed by atoms with Crippen LogP contribution in [0, 0.1) is 17.2 Å². The number of nitrogens with zero attached hydrogens (tertiary/aromatic N) is 2. The van der Waals surface area contributed by atoms with E-state index < -0.39 is 0 Å². The first-order valence-corrected chi connectivity index (χ1v) is 9.50. The van der Waals surface area contributed by atoms with Crippen molar-refractivity contribution in [2.24, 2.45) is 5.92 Å². The molecule has 26 heavy (non-hydrogen) atoms. The molecule has 1 saturated heterocycles. The third-order valence-corrected chi connectivity index (χ3v) is 4.14. The number of ether oxygens (including phenoxy) is 2. The summed E-state index contributed by atoms with van der Waals surface area (Å²) >= 11 is 0. The van der Waals surface area contributed by atoms with Crippen LogP contribution in [0.15, 0.2) is 11.8 Å². The second kappa shape index (κ2) is 13.2. The lowest BCUT2D eigenvalue weighted by Gasteiger charge is -2.30. The van der Waals surface area contributed by atoms with Crippen molar-refractivity contribution in [2.45, 2.75) is 46.0 Å². The van der Waals surface area contributed by atoms with Crippen molar-refractivity contribution in [2.75, 3.05) is 39.5 Å². The summed E-state index contributed by atoms with van der Waals surface area (Å²) in [6.45, 7) is 7.25. The zero-order chi connectivity index (χ0) is 19.2. The van der Waals surface area contributed by atoms with Crippen LogP contribution in [0.5, 0.6) is 0 Å². The molecule has 1 aliphatic rings. The molecule has 1 fully saturated rings. The van der Waals surface area contributed by atoms with Crippen LogP contribution < -0.4 is 5.32 Å². The molecule has 1 heterocycles. The summed E-state index contributed by atoms with van der Waals surface area (Å²) in [5.74, 6) is -0.806. The lowest BCUT2D eigenvalue weighted by Crippen LogP contribution is -2.37. The molecule has 0 saturated carbocycles. The number of likely N-dealkylation sites (tertiary alicyclic amines) is 1. The Labute approximate surface area is 156 Å². The molecule has 7 nitrogen and oxygen atoms in total. The fourth-order valence-corrected chi connectivity index (χ4v) is 2.72. The number of unbranched alkanes of at least 4 members (excludes halogenated alkanes) is 1. The lowest BCUT2D eigenvalue weighted by atomic mass is 9.98. The van der Waals surface area contributed by atoms with Gasteiger partial charge in [0, 0.05) is 39.0 Å². The molecule has 1 amide bonds. The van der Waals surface area contributed by atoms with Crippen molar-refractivity contribution >= 4 is 11.9 Å². The highest BCUT2D eigenvalue weighted by Gasteiger charge is 2.26. The van der Waals surface area contributed by atoms with Gasteiger partial charge in [-0.2, -0.15) is 5.26 Å². The van der Waals surface area contributed by atoms with E-state index in [4.69, 9.17) is 9.47 Å². The van der Waals surface area contributed by atoms with Gasteiger partial charge >= 0.3 is 5.97 Å². The van der Waals surface area contributed by atoms with Gasteiger partial charge in [-0.3, -0.25) is 9.59 Å². The highest BCUT2D eigenvalue weighted by atomic mass is 16.5. The summed E-state index contributed by atoms with van der Waals surface area (Å²) in [6.07, 6.45) is 6.00. The molecule has 0 radical (unpaired) electrons. The number of carbonyl (C=O) groups is 2. The maximum absolute atomic E-state index is 12.1. The third kappa shape index (κ3) is 8.34. The van der Waals surface area contributed by atoms with Gasteiger partial charge in [-0.1, -0.05) is 13.3 Å². The third-order valence-electron chi connectivity index (χ3n) is 4.14. The molecular formula is C19H31N3O4. The highest BCUT2D eigenvalue weighted by molar-refractivity contribution is 5.97. The van der Waals surface area contributed by atoms with Crippen molar-refractivity contribution in [1.82, 2.24) is 10.2 Å². The van der Waals surface area contributed by atoms with Gasteiger partial charge < -0.3 is 19.7 Å². The molecule has 1 unspecified atom stereocenters. The summed E-state index contributed by atoms with van der Waals surface area (Å²) in [5.41, 5.74) is 0.0569. The number of carbonyl (C=O) groups excluding carboxylic acids is 2. The van der Waals surface area contributed by atoms with E-state index >= 15 is 0 Å². The van der Waals surface area contributed by atoms with E-state index in [9.17, 15) is 14.9 Å². The fraction of sp³-hybridized carbons (Fsp3) is 0.737. The molecule has 0 aromatic heterocycles. The average molecular weight is 365 g/mol. The van der Waals surface area contributed by atoms with Crippen molar-refractivity contribution in [1.29, 1.82) is 5.26 Å². The van der Waals surface area contributed by atoms with E-state index in [-0.39, 0.29) is 23.4 Å². The number of hydrogen-bond donors (Lipinski definition) is 1. The van der Waals surface area contributed by atoms with Gasteiger partial charge in [0.2, 0.25) is 0 Å². The van der Waals surface area contributed by atoms with Gasteiger partial charge in [-0.05, 0) is 32.6 Å². The Balaban J connectivity index is 2.42. The number of piperidine rings is 1. The van der Waals surface area contributed by atoms with Crippen LogP contribution in [-0.4, -0.2) is 56.2 Å². The molecule has 1 rings (SSSR count). The molecule has 0 bridgehead atoms. The zero-order valence-electron chi connectivity index (χ0n) is 16.0. The highest BCUT2D eigenvalue weighted by Crippen LogP contribution is 2.18. The maximum Gasteiger partial charge on any atom is 0.310 e. The predicted octanol–water partition coefficient (Wildman–Crippen LogP) is 1.99. The molecule has 7 heteroatoms. The van der Waals surface area contributed by atoms with E-state index in [0.29, 0.717) is 32.7 Å². The van der Waals surface area contributed by atoms with Gasteiger partial charge in [0.25, 0.3) is 5.91 Å². The quantitative estimate of drug-likeness (QED) is 0.261. The predicted molar refractivity (Wildman–Crippen MR) is 98.0 cm³/mol. The Hall–Kier alpha value is -2.07. The standard InChI is InChI=1S/C19H31N3O4/c1-3-5-11-25-12-7-9-21-18(23)17(13-20)15-22-10-6-8-16(14-22)19(24)26-4-2/h15-16H,3-12,14H2,1-2H3,(H,21,23)/b17-15-. The molecule has 0 aromatic carbocycles. The second-order valence-corrected chi connectivity index (χ2v) is 6.32. The summed E-state index contributed by atoms with van der Waals surface area (Å²) in [4.78, 5) is 25.9. The fourth-order valence-electron chi connectivity index (χ4n) is 2.72. The summed E-state index contributed by atoms with van der Waals surface area (Å²) in [6, 6.07) is 1.95. The first kappa shape index (κ1) is 22.0. The van der Waals surface area contributed by atoms with Crippen molar-refractivity contribution in [3.8, 4) is 6.07 Å². The minimum Gasteiger partial charge on any atom is -0.466 e. The van der Waals surface area contributed by atoms with Crippen molar-refractivity contribution in [3.63, 3.8) is 0 Å². The van der Waals surface area contributed by atoms with E-state index in [0.717, 1.165) is 38.8 Å². The van der Waals surface area contributed by atoms with Gasteiger partial charge in [-0.15, -0.1) is 0 Å². The van der Waals surface area contributed by atoms with Gasteiger partial charge in [0.1, 0.15) is 11.6 Å². The molecule has 1 N–H and O–H groups in total. The summed E-state index contributed by atoms with van der Waals surface area (Å²) in [5, 5.41) is 12.0. The topological polar surface area (TPSA) is 91.7 Å². The number of esters is 1. The SMILES string of the molecule is CCCCOCCCNC(=O)/C(C#N)=C\N1CCCC(C(=O)OCC)C1. The maximum atomic E-state index is 12.1. The normalized spacial score (nSPS) is 17.5.